The van der Waals surface area contributed by atoms with E-state index in [4.69, 9.17) is 17.3 Å². The summed E-state index contributed by atoms with van der Waals surface area (Å²) in [6, 6.07) is 18.5. The van der Waals surface area contributed by atoms with Crippen LogP contribution in [0.25, 0.3) is 23.0 Å². The monoisotopic (exact) mass is 535 g/mol. The molecule has 4 rings (SSSR count). The van der Waals surface area contributed by atoms with Gasteiger partial charge in [0.15, 0.2) is 0 Å². The molecule has 3 aromatic rings. The molecule has 188 valence electrons. The number of aromatic nitrogens is 2. The van der Waals surface area contributed by atoms with E-state index < -0.39 is 0 Å². The van der Waals surface area contributed by atoms with E-state index >= 15 is 0 Å². The summed E-state index contributed by atoms with van der Waals surface area (Å²) in [6.45, 7) is 5.07. The molecule has 2 heterocycles. The Kier molecular flexibility index (Phi) is 9.84. The van der Waals surface area contributed by atoms with E-state index in [9.17, 15) is 4.79 Å². The van der Waals surface area contributed by atoms with Crippen molar-refractivity contribution in [3.05, 3.63) is 71.3 Å². The Labute approximate surface area is 228 Å². The van der Waals surface area contributed by atoms with E-state index in [2.05, 4.69) is 38.1 Å². The number of benzene rings is 2. The summed E-state index contributed by atoms with van der Waals surface area (Å²) in [6.07, 6.45) is 11.1. The number of amides is 1. The lowest BCUT2D eigenvalue weighted by atomic mass is 10.1. The lowest BCUT2D eigenvalue weighted by Gasteiger charge is -2.13. The quantitative estimate of drug-likeness (QED) is 0.101. The fraction of sp³-hybridized carbons (Fsp3) is 0.345. The molecule has 7 heteroatoms. The Hall–Kier alpha value is -2.35. The SMILES string of the molecule is CCCCCCCCN1C(=O)C(=Cc2cn(-c3ccccc3)nc2-c2ccc(SCC)cc2)SC1=S. The van der Waals surface area contributed by atoms with Crippen LogP contribution >= 0.6 is 35.7 Å². The molecule has 0 spiro atoms. The Morgan fingerprint density at radius 3 is 2.42 bits per heavy atom. The van der Waals surface area contributed by atoms with Gasteiger partial charge in [0.25, 0.3) is 5.91 Å². The number of thiocarbonyl (C=S) groups is 1. The van der Waals surface area contributed by atoms with Crippen LogP contribution < -0.4 is 0 Å². The highest BCUT2D eigenvalue weighted by atomic mass is 32.2. The van der Waals surface area contributed by atoms with Gasteiger partial charge in [0, 0.05) is 28.8 Å². The molecule has 0 unspecified atom stereocenters. The van der Waals surface area contributed by atoms with Crippen molar-refractivity contribution in [1.82, 2.24) is 14.7 Å². The maximum Gasteiger partial charge on any atom is 0.266 e. The van der Waals surface area contributed by atoms with Gasteiger partial charge in [-0.2, -0.15) is 5.10 Å². The van der Waals surface area contributed by atoms with Gasteiger partial charge in [-0.1, -0.05) is 100 Å². The molecular formula is C29H33N3OS3. The minimum absolute atomic E-state index is 0.00617. The summed E-state index contributed by atoms with van der Waals surface area (Å²) in [4.78, 5) is 16.9. The van der Waals surface area contributed by atoms with E-state index in [0.29, 0.717) is 15.8 Å². The van der Waals surface area contributed by atoms with Gasteiger partial charge < -0.3 is 0 Å². The maximum absolute atomic E-state index is 13.2. The fourth-order valence-corrected chi connectivity index (χ4v) is 6.15. The first-order valence-corrected chi connectivity index (χ1v) is 15.0. The molecular weight excluding hydrogens is 503 g/mol. The van der Waals surface area contributed by atoms with Crippen molar-refractivity contribution in [2.45, 2.75) is 57.3 Å². The van der Waals surface area contributed by atoms with E-state index in [1.54, 1.807) is 4.90 Å². The molecule has 0 saturated carbocycles. The molecule has 2 aromatic carbocycles. The van der Waals surface area contributed by atoms with Crippen molar-refractivity contribution in [2.75, 3.05) is 12.3 Å². The number of carbonyl (C=O) groups is 1. The molecule has 1 amide bonds. The van der Waals surface area contributed by atoms with Crippen molar-refractivity contribution < 1.29 is 4.79 Å². The zero-order valence-corrected chi connectivity index (χ0v) is 23.4. The van der Waals surface area contributed by atoms with Gasteiger partial charge >= 0.3 is 0 Å². The standard InChI is InChI=1S/C29H33N3OS3/c1-3-5-6-7-8-12-19-31-28(33)26(36-29(31)34)20-23-21-32(24-13-10-9-11-14-24)30-27(23)22-15-17-25(18-16-22)35-4-2/h9-11,13-18,20-21H,3-8,12,19H2,1-2H3. The lowest BCUT2D eigenvalue weighted by molar-refractivity contribution is -0.122. The first-order chi connectivity index (χ1) is 17.6. The molecule has 4 nitrogen and oxygen atoms in total. The normalized spacial score (nSPS) is 14.8. The molecule has 1 aliphatic heterocycles. The highest BCUT2D eigenvalue weighted by Gasteiger charge is 2.32. The topological polar surface area (TPSA) is 38.1 Å². The van der Waals surface area contributed by atoms with Crippen molar-refractivity contribution in [2.24, 2.45) is 0 Å². The summed E-state index contributed by atoms with van der Waals surface area (Å²) in [5.74, 6) is 1.04. The maximum atomic E-state index is 13.2. The number of carbonyl (C=O) groups excluding carboxylic acids is 1. The van der Waals surface area contributed by atoms with Gasteiger partial charge in [0.1, 0.15) is 4.32 Å². The smallest absolute Gasteiger partial charge is 0.266 e. The number of hydrogen-bond donors (Lipinski definition) is 0. The van der Waals surface area contributed by atoms with Crippen LogP contribution in [0.4, 0.5) is 0 Å². The van der Waals surface area contributed by atoms with Crippen LogP contribution in [0.3, 0.4) is 0 Å². The average Bonchev–Trinajstić information content (AvgIpc) is 3.43. The van der Waals surface area contributed by atoms with Crippen LogP contribution in [0.2, 0.25) is 0 Å². The molecule has 1 saturated heterocycles. The van der Waals surface area contributed by atoms with Gasteiger partial charge in [-0.15, -0.1) is 11.8 Å². The van der Waals surface area contributed by atoms with E-state index in [-0.39, 0.29) is 5.91 Å². The van der Waals surface area contributed by atoms with Crippen LogP contribution in [0.15, 0.2) is 70.6 Å². The van der Waals surface area contributed by atoms with Crippen molar-refractivity contribution >= 4 is 52.0 Å². The number of hydrogen-bond acceptors (Lipinski definition) is 5. The second kappa shape index (κ2) is 13.3. The zero-order valence-electron chi connectivity index (χ0n) is 21.0. The zero-order chi connectivity index (χ0) is 25.3. The molecule has 0 N–H and O–H groups in total. The second-order valence-electron chi connectivity index (χ2n) is 8.77. The third-order valence-corrected chi connectivity index (χ3v) is 8.37. The van der Waals surface area contributed by atoms with E-state index in [1.807, 2.05) is 59.0 Å². The lowest BCUT2D eigenvalue weighted by Crippen LogP contribution is -2.29. The molecule has 0 aliphatic carbocycles. The Bertz CT molecular complexity index is 1200. The average molecular weight is 536 g/mol. The first kappa shape index (κ1) is 26.7. The number of thioether (sulfide) groups is 2. The van der Waals surface area contributed by atoms with Gasteiger partial charge in [-0.25, -0.2) is 4.68 Å². The summed E-state index contributed by atoms with van der Waals surface area (Å²) in [7, 11) is 0. The Morgan fingerprint density at radius 1 is 0.972 bits per heavy atom. The largest absolute Gasteiger partial charge is 0.293 e. The minimum Gasteiger partial charge on any atom is -0.293 e. The summed E-state index contributed by atoms with van der Waals surface area (Å²) in [5.41, 5.74) is 3.77. The predicted molar refractivity (Wildman–Crippen MR) is 159 cm³/mol. The van der Waals surface area contributed by atoms with Crippen LogP contribution in [0, 0.1) is 0 Å². The van der Waals surface area contributed by atoms with Crippen LogP contribution in [0.5, 0.6) is 0 Å². The fourth-order valence-electron chi connectivity index (χ4n) is 4.19. The van der Waals surface area contributed by atoms with Crippen LogP contribution in [-0.4, -0.2) is 37.2 Å². The number of nitrogens with zero attached hydrogens (tertiary/aromatic N) is 3. The number of rotatable bonds is 12. The first-order valence-electron chi connectivity index (χ1n) is 12.7. The summed E-state index contributed by atoms with van der Waals surface area (Å²) in [5, 5.41) is 4.91. The molecule has 0 atom stereocenters. The molecule has 1 aromatic heterocycles. The molecule has 1 fully saturated rings. The van der Waals surface area contributed by atoms with E-state index in [1.165, 1.54) is 42.3 Å². The van der Waals surface area contributed by atoms with Crippen molar-refractivity contribution in [3.8, 4) is 16.9 Å². The van der Waals surface area contributed by atoms with Crippen LogP contribution in [-0.2, 0) is 4.79 Å². The Morgan fingerprint density at radius 2 is 1.69 bits per heavy atom. The molecule has 0 bridgehead atoms. The number of unbranched alkanes of at least 4 members (excludes halogenated alkanes) is 5. The second-order valence-corrected chi connectivity index (χ2v) is 11.8. The highest BCUT2D eigenvalue weighted by molar-refractivity contribution is 8.26. The van der Waals surface area contributed by atoms with Gasteiger partial charge in [0.05, 0.1) is 16.3 Å². The molecule has 1 aliphatic rings. The Balaban J connectivity index is 1.58. The van der Waals surface area contributed by atoms with Gasteiger partial charge in [-0.3, -0.25) is 9.69 Å². The summed E-state index contributed by atoms with van der Waals surface area (Å²) >= 11 is 8.80. The van der Waals surface area contributed by atoms with Crippen molar-refractivity contribution in [1.29, 1.82) is 0 Å². The summed E-state index contributed by atoms with van der Waals surface area (Å²) < 4.78 is 2.53. The third-order valence-electron chi connectivity index (χ3n) is 6.10. The van der Waals surface area contributed by atoms with Crippen LogP contribution in [0.1, 0.15) is 57.9 Å². The highest BCUT2D eigenvalue weighted by Crippen LogP contribution is 2.35. The van der Waals surface area contributed by atoms with Gasteiger partial charge in [0.2, 0.25) is 0 Å². The van der Waals surface area contributed by atoms with E-state index in [0.717, 1.165) is 41.1 Å². The third kappa shape index (κ3) is 6.69. The predicted octanol–water partition coefficient (Wildman–Crippen LogP) is 8.21. The van der Waals surface area contributed by atoms with Gasteiger partial charge in [-0.05, 0) is 42.5 Å². The number of para-hydroxylation sites is 1. The molecule has 0 radical (unpaired) electrons. The van der Waals surface area contributed by atoms with Crippen molar-refractivity contribution in [3.63, 3.8) is 0 Å². The minimum atomic E-state index is 0.00617. The molecule has 36 heavy (non-hydrogen) atoms.